The number of anilines is 2. The Morgan fingerprint density at radius 3 is 2.66 bits per heavy atom. The summed E-state index contributed by atoms with van der Waals surface area (Å²) in [4.78, 5) is 38.3. The minimum atomic E-state index is -0.636. The highest BCUT2D eigenvalue weighted by Crippen LogP contribution is 2.29. The Kier molecular flexibility index (Phi) is 6.45. The number of esters is 1. The second kappa shape index (κ2) is 8.84. The zero-order valence-electron chi connectivity index (χ0n) is 16.0. The molecule has 3 rings (SSSR count). The number of rotatable bonds is 5. The average molecular weight is 435 g/mol. The van der Waals surface area contributed by atoms with Gasteiger partial charge in [0.15, 0.2) is 6.61 Å². The second-order valence-corrected chi connectivity index (χ2v) is 7.72. The van der Waals surface area contributed by atoms with E-state index < -0.39 is 24.4 Å². The van der Waals surface area contributed by atoms with Crippen molar-refractivity contribution >= 4 is 52.4 Å². The zero-order chi connectivity index (χ0) is 21.1. The lowest BCUT2D eigenvalue weighted by Crippen LogP contribution is -2.28. The Morgan fingerprint density at radius 1 is 1.17 bits per heavy atom. The number of nitrogens with zero attached hydrogens (tertiary/aromatic N) is 1. The molecule has 1 atom stereocenters. The summed E-state index contributed by atoms with van der Waals surface area (Å²) in [6, 6.07) is 10.4. The molecule has 1 fully saturated rings. The maximum Gasteiger partial charge on any atom is 0.311 e. The quantitative estimate of drug-likeness (QED) is 0.717. The molecule has 1 N–H and O–H groups in total. The number of carbonyl (C=O) groups is 3. The molecule has 0 radical (unpaired) electrons. The molecule has 2 aromatic rings. The molecule has 29 heavy (non-hydrogen) atoms. The van der Waals surface area contributed by atoms with Crippen LogP contribution in [0, 0.1) is 19.8 Å². The van der Waals surface area contributed by atoms with Crippen LogP contribution in [0.25, 0.3) is 0 Å². The SMILES string of the molecule is Cc1ccc(N2C[C@@H](C(=O)OCC(=O)Nc3cccc(Cl)c3C)CC2=O)cc1Cl. The fourth-order valence-corrected chi connectivity index (χ4v) is 3.40. The van der Waals surface area contributed by atoms with Crippen LogP contribution in [0.1, 0.15) is 17.5 Å². The molecule has 1 aliphatic rings. The minimum absolute atomic E-state index is 0.0271. The van der Waals surface area contributed by atoms with Gasteiger partial charge in [0.1, 0.15) is 0 Å². The van der Waals surface area contributed by atoms with Crippen molar-refractivity contribution in [2.45, 2.75) is 20.3 Å². The smallest absolute Gasteiger partial charge is 0.311 e. The van der Waals surface area contributed by atoms with Gasteiger partial charge in [0.25, 0.3) is 5.91 Å². The van der Waals surface area contributed by atoms with Gasteiger partial charge in [-0.05, 0) is 49.2 Å². The van der Waals surface area contributed by atoms with Gasteiger partial charge in [-0.25, -0.2) is 0 Å². The van der Waals surface area contributed by atoms with E-state index in [9.17, 15) is 14.4 Å². The van der Waals surface area contributed by atoms with E-state index in [-0.39, 0.29) is 18.9 Å². The van der Waals surface area contributed by atoms with E-state index in [1.807, 2.05) is 13.0 Å². The van der Waals surface area contributed by atoms with Gasteiger partial charge in [0, 0.05) is 34.4 Å². The molecule has 0 bridgehead atoms. The van der Waals surface area contributed by atoms with Crippen molar-refractivity contribution < 1.29 is 19.1 Å². The van der Waals surface area contributed by atoms with Crippen LogP contribution in [0.5, 0.6) is 0 Å². The molecule has 1 aliphatic heterocycles. The van der Waals surface area contributed by atoms with E-state index in [1.165, 1.54) is 4.90 Å². The highest BCUT2D eigenvalue weighted by Gasteiger charge is 2.36. The van der Waals surface area contributed by atoms with Crippen molar-refractivity contribution in [3.63, 3.8) is 0 Å². The first-order chi connectivity index (χ1) is 13.8. The molecule has 1 heterocycles. The van der Waals surface area contributed by atoms with Gasteiger partial charge in [-0.15, -0.1) is 0 Å². The summed E-state index contributed by atoms with van der Waals surface area (Å²) in [5, 5.41) is 3.74. The van der Waals surface area contributed by atoms with Gasteiger partial charge in [-0.1, -0.05) is 35.3 Å². The summed E-state index contributed by atoms with van der Waals surface area (Å²) in [6.07, 6.45) is 0.0271. The van der Waals surface area contributed by atoms with Crippen LogP contribution < -0.4 is 10.2 Å². The molecule has 8 heteroatoms. The molecule has 2 amide bonds. The fourth-order valence-electron chi connectivity index (χ4n) is 3.05. The van der Waals surface area contributed by atoms with Crippen LogP contribution in [0.3, 0.4) is 0 Å². The van der Waals surface area contributed by atoms with Gasteiger partial charge in [0.2, 0.25) is 5.91 Å². The largest absolute Gasteiger partial charge is 0.455 e. The Morgan fingerprint density at radius 2 is 1.93 bits per heavy atom. The van der Waals surface area contributed by atoms with Crippen molar-refractivity contribution in [3.05, 3.63) is 57.6 Å². The Balaban J connectivity index is 1.56. The van der Waals surface area contributed by atoms with E-state index in [4.69, 9.17) is 27.9 Å². The molecule has 6 nitrogen and oxygen atoms in total. The molecular weight excluding hydrogens is 415 g/mol. The summed E-state index contributed by atoms with van der Waals surface area (Å²) in [7, 11) is 0. The first-order valence-corrected chi connectivity index (χ1v) is 9.80. The summed E-state index contributed by atoms with van der Waals surface area (Å²) < 4.78 is 5.12. The third kappa shape index (κ3) is 4.89. The first-order valence-electron chi connectivity index (χ1n) is 9.04. The summed E-state index contributed by atoms with van der Waals surface area (Å²) in [5.41, 5.74) is 2.81. The predicted octanol–water partition coefficient (Wildman–Crippen LogP) is 4.15. The van der Waals surface area contributed by atoms with Crippen molar-refractivity contribution in [2.75, 3.05) is 23.4 Å². The van der Waals surface area contributed by atoms with Crippen LogP contribution in [0.4, 0.5) is 11.4 Å². The number of ether oxygens (including phenoxy) is 1. The molecule has 1 saturated heterocycles. The lowest BCUT2D eigenvalue weighted by molar-refractivity contribution is -0.151. The Labute approximate surface area is 178 Å². The van der Waals surface area contributed by atoms with Crippen LogP contribution in [-0.4, -0.2) is 30.9 Å². The normalized spacial score (nSPS) is 16.1. The van der Waals surface area contributed by atoms with Gasteiger partial charge in [0.05, 0.1) is 5.92 Å². The number of halogens is 2. The fraction of sp³-hybridized carbons (Fsp3) is 0.286. The van der Waals surface area contributed by atoms with Crippen LogP contribution in [-0.2, 0) is 19.1 Å². The van der Waals surface area contributed by atoms with Crippen molar-refractivity contribution in [1.82, 2.24) is 0 Å². The topological polar surface area (TPSA) is 75.7 Å². The van der Waals surface area contributed by atoms with Gasteiger partial charge >= 0.3 is 5.97 Å². The summed E-state index contributed by atoms with van der Waals surface area (Å²) >= 11 is 12.2. The number of amides is 2. The number of aryl methyl sites for hydroxylation is 1. The van der Waals surface area contributed by atoms with Gasteiger partial charge in [-0.2, -0.15) is 0 Å². The average Bonchev–Trinajstić information content (AvgIpc) is 3.07. The molecular formula is C21H20Cl2N2O4. The van der Waals surface area contributed by atoms with Crippen LogP contribution >= 0.6 is 23.2 Å². The number of hydrogen-bond donors (Lipinski definition) is 1. The van der Waals surface area contributed by atoms with Crippen molar-refractivity contribution in [3.8, 4) is 0 Å². The Bertz CT molecular complexity index is 977. The van der Waals surface area contributed by atoms with Crippen molar-refractivity contribution in [2.24, 2.45) is 5.92 Å². The lowest BCUT2D eigenvalue weighted by atomic mass is 10.1. The van der Waals surface area contributed by atoms with E-state index in [2.05, 4.69) is 5.32 Å². The van der Waals surface area contributed by atoms with Gasteiger partial charge in [-0.3, -0.25) is 14.4 Å². The molecule has 0 aliphatic carbocycles. The zero-order valence-corrected chi connectivity index (χ0v) is 17.5. The summed E-state index contributed by atoms with van der Waals surface area (Å²) in [6.45, 7) is 3.39. The highest BCUT2D eigenvalue weighted by molar-refractivity contribution is 6.32. The maximum absolute atomic E-state index is 12.3. The van der Waals surface area contributed by atoms with E-state index in [0.29, 0.717) is 21.4 Å². The molecule has 0 unspecified atom stereocenters. The monoisotopic (exact) mass is 434 g/mol. The molecule has 0 aromatic heterocycles. The van der Waals surface area contributed by atoms with E-state index in [0.717, 1.165) is 11.1 Å². The molecule has 0 spiro atoms. The predicted molar refractivity (Wildman–Crippen MR) is 112 cm³/mol. The lowest BCUT2D eigenvalue weighted by Gasteiger charge is -2.17. The number of carbonyl (C=O) groups excluding carboxylic acids is 3. The standard InChI is InChI=1S/C21H20Cl2N2O4/c1-12-6-7-15(9-17(12)23)25-10-14(8-20(25)27)21(28)29-11-19(26)24-18-5-3-4-16(22)13(18)2/h3-7,9,14H,8,10-11H2,1-2H3,(H,24,26)/t14-/m0/s1. The highest BCUT2D eigenvalue weighted by atomic mass is 35.5. The van der Waals surface area contributed by atoms with E-state index >= 15 is 0 Å². The Hall–Kier alpha value is -2.57. The number of hydrogen-bond acceptors (Lipinski definition) is 4. The third-order valence-corrected chi connectivity index (χ3v) is 5.63. The molecule has 0 saturated carbocycles. The number of nitrogens with one attached hydrogen (secondary N) is 1. The van der Waals surface area contributed by atoms with E-state index in [1.54, 1.807) is 37.3 Å². The minimum Gasteiger partial charge on any atom is -0.455 e. The van der Waals surface area contributed by atoms with Crippen LogP contribution in [0.2, 0.25) is 10.0 Å². The maximum atomic E-state index is 12.3. The second-order valence-electron chi connectivity index (χ2n) is 6.91. The first kappa shape index (κ1) is 21.1. The third-order valence-electron chi connectivity index (χ3n) is 4.81. The van der Waals surface area contributed by atoms with Gasteiger partial charge < -0.3 is 15.0 Å². The summed E-state index contributed by atoms with van der Waals surface area (Å²) in [5.74, 6) is -1.89. The van der Waals surface area contributed by atoms with Crippen LogP contribution in [0.15, 0.2) is 36.4 Å². The number of benzene rings is 2. The van der Waals surface area contributed by atoms with Crippen molar-refractivity contribution in [1.29, 1.82) is 0 Å². The molecule has 152 valence electrons. The molecule has 2 aromatic carbocycles.